The molecule has 0 aliphatic rings. The SMILES string of the molecule is CCNC(=O)CN(CC)CC(=O)Nc1ccccc1C(=O)Nc1ccccc1. The Morgan fingerprint density at radius 1 is 0.821 bits per heavy atom. The molecule has 0 atom stereocenters. The van der Waals surface area contributed by atoms with E-state index in [4.69, 9.17) is 0 Å². The van der Waals surface area contributed by atoms with Crippen molar-refractivity contribution in [2.45, 2.75) is 13.8 Å². The van der Waals surface area contributed by atoms with E-state index in [0.717, 1.165) is 0 Å². The molecule has 3 amide bonds. The number of amides is 3. The summed E-state index contributed by atoms with van der Waals surface area (Å²) in [6.45, 7) is 5.04. The minimum atomic E-state index is -0.309. The summed E-state index contributed by atoms with van der Waals surface area (Å²) in [5.41, 5.74) is 1.47. The second kappa shape index (κ2) is 10.8. The third-order valence-electron chi connectivity index (χ3n) is 4.03. The van der Waals surface area contributed by atoms with Gasteiger partial charge in [0.15, 0.2) is 0 Å². The van der Waals surface area contributed by atoms with E-state index in [-0.39, 0.29) is 30.8 Å². The molecule has 2 aromatic rings. The van der Waals surface area contributed by atoms with Crippen molar-refractivity contribution >= 4 is 29.1 Å². The fourth-order valence-electron chi connectivity index (χ4n) is 2.64. The molecule has 0 bridgehead atoms. The van der Waals surface area contributed by atoms with Crippen molar-refractivity contribution in [1.82, 2.24) is 10.2 Å². The van der Waals surface area contributed by atoms with Crippen LogP contribution in [-0.2, 0) is 9.59 Å². The predicted octanol–water partition coefficient (Wildman–Crippen LogP) is 2.34. The maximum atomic E-state index is 12.6. The molecule has 2 aromatic carbocycles. The summed E-state index contributed by atoms with van der Waals surface area (Å²) in [6, 6.07) is 15.9. The third-order valence-corrected chi connectivity index (χ3v) is 4.03. The number of para-hydroxylation sites is 2. The van der Waals surface area contributed by atoms with Gasteiger partial charge in [0.1, 0.15) is 0 Å². The first-order chi connectivity index (χ1) is 13.5. The zero-order valence-electron chi connectivity index (χ0n) is 16.2. The summed E-state index contributed by atoms with van der Waals surface area (Å²) in [4.78, 5) is 38.5. The molecule has 0 aliphatic heterocycles. The average molecular weight is 382 g/mol. The van der Waals surface area contributed by atoms with E-state index < -0.39 is 0 Å². The van der Waals surface area contributed by atoms with Gasteiger partial charge in [-0.1, -0.05) is 37.3 Å². The van der Waals surface area contributed by atoms with Crippen LogP contribution >= 0.6 is 0 Å². The first-order valence-electron chi connectivity index (χ1n) is 9.27. The smallest absolute Gasteiger partial charge is 0.257 e. The van der Waals surface area contributed by atoms with Crippen LogP contribution in [0.4, 0.5) is 11.4 Å². The minimum Gasteiger partial charge on any atom is -0.355 e. The van der Waals surface area contributed by atoms with Gasteiger partial charge < -0.3 is 16.0 Å². The van der Waals surface area contributed by atoms with E-state index in [9.17, 15) is 14.4 Å². The van der Waals surface area contributed by atoms with E-state index in [0.29, 0.717) is 30.0 Å². The Bertz CT molecular complexity index is 808. The molecule has 28 heavy (non-hydrogen) atoms. The van der Waals surface area contributed by atoms with E-state index in [1.165, 1.54) is 0 Å². The lowest BCUT2D eigenvalue weighted by atomic mass is 10.1. The Hall–Kier alpha value is -3.19. The van der Waals surface area contributed by atoms with Gasteiger partial charge in [-0.25, -0.2) is 0 Å². The van der Waals surface area contributed by atoms with Gasteiger partial charge in [-0.05, 0) is 37.7 Å². The van der Waals surface area contributed by atoms with Crippen LogP contribution in [0.25, 0.3) is 0 Å². The van der Waals surface area contributed by atoms with Gasteiger partial charge in [0, 0.05) is 12.2 Å². The van der Waals surface area contributed by atoms with Gasteiger partial charge in [0.05, 0.1) is 24.3 Å². The first-order valence-corrected chi connectivity index (χ1v) is 9.27. The van der Waals surface area contributed by atoms with Crippen LogP contribution < -0.4 is 16.0 Å². The summed E-state index contributed by atoms with van der Waals surface area (Å²) < 4.78 is 0. The van der Waals surface area contributed by atoms with E-state index in [1.807, 2.05) is 32.0 Å². The molecule has 0 unspecified atom stereocenters. The van der Waals surface area contributed by atoms with Crippen molar-refractivity contribution < 1.29 is 14.4 Å². The van der Waals surface area contributed by atoms with Crippen molar-refractivity contribution in [3.05, 3.63) is 60.2 Å². The molecule has 0 aromatic heterocycles. The topological polar surface area (TPSA) is 90.5 Å². The van der Waals surface area contributed by atoms with Crippen LogP contribution in [0.15, 0.2) is 54.6 Å². The Labute approximate surface area is 165 Å². The molecular weight excluding hydrogens is 356 g/mol. The predicted molar refractivity (Wildman–Crippen MR) is 110 cm³/mol. The molecule has 0 radical (unpaired) electrons. The van der Waals surface area contributed by atoms with Crippen LogP contribution in [-0.4, -0.2) is 48.8 Å². The number of nitrogens with one attached hydrogen (secondary N) is 3. The van der Waals surface area contributed by atoms with Crippen molar-refractivity contribution in [3.8, 4) is 0 Å². The molecule has 3 N–H and O–H groups in total. The summed E-state index contributed by atoms with van der Waals surface area (Å²) in [5, 5.41) is 8.30. The van der Waals surface area contributed by atoms with Crippen LogP contribution in [0.5, 0.6) is 0 Å². The maximum Gasteiger partial charge on any atom is 0.257 e. The molecule has 148 valence electrons. The lowest BCUT2D eigenvalue weighted by molar-refractivity contribution is -0.123. The maximum absolute atomic E-state index is 12.6. The average Bonchev–Trinajstić information content (AvgIpc) is 2.68. The zero-order chi connectivity index (χ0) is 20.4. The van der Waals surface area contributed by atoms with E-state index in [1.54, 1.807) is 41.3 Å². The Balaban J connectivity index is 2.02. The standard InChI is InChI=1S/C21H26N4O3/c1-3-22-19(26)14-25(4-2)15-20(27)24-18-13-9-8-12-17(18)21(28)23-16-10-6-5-7-11-16/h5-13H,3-4,14-15H2,1-2H3,(H,22,26)(H,23,28)(H,24,27). The minimum absolute atomic E-state index is 0.0578. The molecule has 2 rings (SSSR count). The lowest BCUT2D eigenvalue weighted by Gasteiger charge is -2.19. The molecule has 0 aliphatic carbocycles. The number of hydrogen-bond acceptors (Lipinski definition) is 4. The molecule has 0 spiro atoms. The summed E-state index contributed by atoms with van der Waals surface area (Å²) in [7, 11) is 0. The molecule has 0 saturated carbocycles. The quantitative estimate of drug-likeness (QED) is 0.621. The number of carbonyl (C=O) groups is 3. The fraction of sp³-hybridized carbons (Fsp3) is 0.286. The monoisotopic (exact) mass is 382 g/mol. The van der Waals surface area contributed by atoms with Gasteiger partial charge in [-0.3, -0.25) is 19.3 Å². The van der Waals surface area contributed by atoms with E-state index >= 15 is 0 Å². The largest absolute Gasteiger partial charge is 0.355 e. The third kappa shape index (κ3) is 6.51. The molecule has 0 heterocycles. The van der Waals surface area contributed by atoms with Gasteiger partial charge in [0.25, 0.3) is 5.91 Å². The highest BCUT2D eigenvalue weighted by Crippen LogP contribution is 2.17. The normalized spacial score (nSPS) is 10.4. The molecule has 7 nitrogen and oxygen atoms in total. The zero-order valence-corrected chi connectivity index (χ0v) is 16.2. The number of benzene rings is 2. The second-order valence-corrected chi connectivity index (χ2v) is 6.17. The second-order valence-electron chi connectivity index (χ2n) is 6.17. The number of rotatable bonds is 9. The highest BCUT2D eigenvalue weighted by atomic mass is 16.2. The van der Waals surface area contributed by atoms with Crippen molar-refractivity contribution in [2.24, 2.45) is 0 Å². The van der Waals surface area contributed by atoms with Crippen LogP contribution in [0.3, 0.4) is 0 Å². The Morgan fingerprint density at radius 2 is 1.46 bits per heavy atom. The number of likely N-dealkylation sites (N-methyl/N-ethyl adjacent to an activating group) is 2. The van der Waals surface area contributed by atoms with Gasteiger partial charge in [-0.15, -0.1) is 0 Å². The molecule has 7 heteroatoms. The number of hydrogen-bond donors (Lipinski definition) is 3. The molecule has 0 fully saturated rings. The molecule has 0 saturated heterocycles. The van der Waals surface area contributed by atoms with Crippen molar-refractivity contribution in [3.63, 3.8) is 0 Å². The summed E-state index contributed by atoms with van der Waals surface area (Å²) >= 11 is 0. The van der Waals surface area contributed by atoms with Crippen LogP contribution in [0.1, 0.15) is 24.2 Å². The number of anilines is 2. The number of carbonyl (C=O) groups excluding carboxylic acids is 3. The van der Waals surface area contributed by atoms with Crippen molar-refractivity contribution in [2.75, 3.05) is 36.8 Å². The van der Waals surface area contributed by atoms with Crippen LogP contribution in [0.2, 0.25) is 0 Å². The van der Waals surface area contributed by atoms with Gasteiger partial charge >= 0.3 is 0 Å². The Morgan fingerprint density at radius 3 is 2.14 bits per heavy atom. The van der Waals surface area contributed by atoms with Crippen molar-refractivity contribution in [1.29, 1.82) is 0 Å². The number of nitrogens with zero attached hydrogens (tertiary/aromatic N) is 1. The highest BCUT2D eigenvalue weighted by molar-refractivity contribution is 6.10. The van der Waals surface area contributed by atoms with Crippen LogP contribution in [0, 0.1) is 0 Å². The Kier molecular flexibility index (Phi) is 8.17. The lowest BCUT2D eigenvalue weighted by Crippen LogP contribution is -2.41. The summed E-state index contributed by atoms with van der Waals surface area (Å²) in [6.07, 6.45) is 0. The summed E-state index contributed by atoms with van der Waals surface area (Å²) in [5.74, 6) is -0.720. The molecular formula is C21H26N4O3. The first kappa shape index (κ1) is 21.1. The van der Waals surface area contributed by atoms with Gasteiger partial charge in [-0.2, -0.15) is 0 Å². The van der Waals surface area contributed by atoms with Gasteiger partial charge in [0.2, 0.25) is 11.8 Å². The van der Waals surface area contributed by atoms with E-state index in [2.05, 4.69) is 16.0 Å². The highest BCUT2D eigenvalue weighted by Gasteiger charge is 2.16. The fourth-order valence-corrected chi connectivity index (χ4v) is 2.64.